The van der Waals surface area contributed by atoms with Crippen molar-refractivity contribution < 1.29 is 102 Å². The summed E-state index contributed by atoms with van der Waals surface area (Å²) in [5.41, 5.74) is 26.2. The highest BCUT2D eigenvalue weighted by molar-refractivity contribution is 6.42. The number of benzene rings is 4. The highest BCUT2D eigenvalue weighted by atomic mass is 35.5. The summed E-state index contributed by atoms with van der Waals surface area (Å²) >= 11 is 49.3. The molecule has 0 amide bonds. The van der Waals surface area contributed by atoms with Gasteiger partial charge in [0.25, 0.3) is 20.3 Å². The molecular weight excluding hydrogens is 1700 g/mol. The lowest BCUT2D eigenvalue weighted by molar-refractivity contribution is -0.758. The third-order valence-corrected chi connectivity index (χ3v) is 16.8. The van der Waals surface area contributed by atoms with Gasteiger partial charge < -0.3 is 126 Å². The van der Waals surface area contributed by atoms with Crippen molar-refractivity contribution in [3.05, 3.63) is 129 Å². The molecule has 8 rings (SSSR count). The molecule has 2 unspecified atom stereocenters. The Labute approximate surface area is 687 Å². The predicted molar refractivity (Wildman–Crippen MR) is 418 cm³/mol. The molecule has 0 aliphatic carbocycles. The van der Waals surface area contributed by atoms with Crippen LogP contribution in [0.15, 0.2) is 68.5 Å². The first-order valence-corrected chi connectivity index (χ1v) is 36.5. The number of unbranched alkanes of at least 4 members (excludes halogenated alkanes) is 2. The maximum absolute atomic E-state index is 11.8. The van der Waals surface area contributed by atoms with Crippen molar-refractivity contribution in [3.8, 4) is 0 Å². The van der Waals surface area contributed by atoms with Gasteiger partial charge in [-0.05, 0) is 88.1 Å². The molecule has 4 aliphatic heterocycles. The summed E-state index contributed by atoms with van der Waals surface area (Å²) in [6.07, 6.45) is -3.14. The fraction of sp³-hybridized carbons (Fsp3) is 0.475. The number of halogens is 8. The number of nitrogens with one attached hydrogen (secondary N) is 4. The van der Waals surface area contributed by atoms with Gasteiger partial charge in [0.05, 0.1) is 142 Å². The van der Waals surface area contributed by atoms with Crippen LogP contribution in [0.25, 0.3) is 0 Å². The van der Waals surface area contributed by atoms with Crippen LogP contribution >= 0.6 is 92.8 Å². The molecule has 4 aromatic carbocycles. The van der Waals surface area contributed by atoms with E-state index in [4.69, 9.17) is 158 Å². The topological polar surface area (TPSA) is 575 Å². The van der Waals surface area contributed by atoms with Crippen LogP contribution in [0, 0.1) is 40.5 Å². The van der Waals surface area contributed by atoms with Crippen molar-refractivity contribution in [1.29, 1.82) is 0 Å². The number of guanidine groups is 4. The molecule has 0 spiro atoms. The summed E-state index contributed by atoms with van der Waals surface area (Å²) in [6.45, 7) is 6.65. The fourth-order valence-electron chi connectivity index (χ4n) is 9.23. The van der Waals surface area contributed by atoms with Gasteiger partial charge in [0.15, 0.2) is 25.9 Å². The van der Waals surface area contributed by atoms with E-state index in [1.54, 1.807) is 82.0 Å². The largest absolute Gasteiger partial charge is 0.510 e. The van der Waals surface area contributed by atoms with Crippen LogP contribution in [0.3, 0.4) is 0 Å². The van der Waals surface area contributed by atoms with E-state index < -0.39 is 57.4 Å². The third kappa shape index (κ3) is 34.7. The van der Waals surface area contributed by atoms with Crippen LogP contribution in [-0.4, -0.2) is 233 Å². The SMILES string of the molecule is CC(OC(=O)OCCCCO[N+](=O)[O-])N1CCN=C1Nc1c(Cl)cc(N)cc1Cl.CC(OC(=O)OCCOCCO[N+](=O)[O-])N1CCN=C1Nc1c(Cl)cc(N)cc1Cl.Nc1cc(Cl)c(NC2=NCCN2COC(=O)OCCCCO[N+](=O)[O-])c(Cl)c1.Nc1cc(Cl)c(NC2=NCCN2COC(=O)OCCCO[N+](=O)[O-])c(Cl)c1. The summed E-state index contributed by atoms with van der Waals surface area (Å²) in [6, 6.07) is 12.4. The molecule has 4 aliphatic rings. The van der Waals surface area contributed by atoms with Gasteiger partial charge in [-0.15, -0.1) is 40.5 Å². The highest BCUT2D eigenvalue weighted by Gasteiger charge is 2.30. The molecule has 4 heterocycles. The molecule has 0 fully saturated rings. The second kappa shape index (κ2) is 49.7. The number of hydrogen-bond donors (Lipinski definition) is 8. The van der Waals surface area contributed by atoms with Crippen LogP contribution in [0.2, 0.25) is 40.2 Å². The molecule has 2 atom stereocenters. The van der Waals surface area contributed by atoms with Crippen molar-refractivity contribution in [2.75, 3.05) is 176 Å². The maximum atomic E-state index is 11.8. The van der Waals surface area contributed by atoms with Gasteiger partial charge in [-0.2, -0.15) is 0 Å². The normalized spacial score (nSPS) is 13.6. The Bertz CT molecular complexity index is 3960. The maximum Gasteiger partial charge on any atom is 0.510 e. The number of nitrogen functional groups attached to an aromatic ring is 4. The van der Waals surface area contributed by atoms with Gasteiger partial charge in [0.2, 0.25) is 23.8 Å². The first-order valence-electron chi connectivity index (χ1n) is 33.5. The molecular formula is C61H78Cl8N20O25. The van der Waals surface area contributed by atoms with Crippen molar-refractivity contribution >= 4 is 187 Å². The van der Waals surface area contributed by atoms with Crippen LogP contribution in [-0.2, 0) is 62.0 Å². The quantitative estimate of drug-likeness (QED) is 0.00523. The van der Waals surface area contributed by atoms with Crippen molar-refractivity contribution in [1.82, 2.24) is 19.6 Å². The number of ether oxygens (including phenoxy) is 9. The van der Waals surface area contributed by atoms with Crippen LogP contribution in [0.1, 0.15) is 46.0 Å². The van der Waals surface area contributed by atoms with Crippen LogP contribution < -0.4 is 44.2 Å². The number of nitrogens with two attached hydrogens (primary N) is 4. The van der Waals surface area contributed by atoms with Gasteiger partial charge >= 0.3 is 24.6 Å². The molecule has 0 saturated carbocycles. The van der Waals surface area contributed by atoms with Gasteiger partial charge in [-0.3, -0.25) is 20.0 Å². The van der Waals surface area contributed by atoms with E-state index in [-0.39, 0.29) is 86.0 Å². The lowest BCUT2D eigenvalue weighted by Gasteiger charge is -2.27. The Morgan fingerprint density at radius 2 is 0.640 bits per heavy atom. The smallest absolute Gasteiger partial charge is 0.434 e. The number of carbonyl (C=O) groups is 4. The lowest BCUT2D eigenvalue weighted by Crippen LogP contribution is -2.42. The zero-order valence-electron chi connectivity index (χ0n) is 60.4. The molecule has 45 nitrogen and oxygen atoms in total. The Hall–Kier alpha value is -10.7. The molecule has 114 heavy (non-hydrogen) atoms. The van der Waals surface area contributed by atoms with E-state index in [0.29, 0.717) is 188 Å². The van der Waals surface area contributed by atoms with E-state index in [1.165, 1.54) is 0 Å². The molecule has 628 valence electrons. The first kappa shape index (κ1) is 93.9. The van der Waals surface area contributed by atoms with Gasteiger partial charge in [0, 0.05) is 55.3 Å². The van der Waals surface area contributed by atoms with E-state index >= 15 is 0 Å². The average molecular weight is 1780 g/mol. The Morgan fingerprint density at radius 1 is 0.377 bits per heavy atom. The monoisotopic (exact) mass is 1770 g/mol. The van der Waals surface area contributed by atoms with Gasteiger partial charge in [-0.1, -0.05) is 92.8 Å². The molecule has 0 saturated heterocycles. The summed E-state index contributed by atoms with van der Waals surface area (Å²) < 4.78 is 45.0. The summed E-state index contributed by atoms with van der Waals surface area (Å²) in [7, 11) is 0. The van der Waals surface area contributed by atoms with E-state index in [2.05, 4.69) is 60.6 Å². The van der Waals surface area contributed by atoms with Gasteiger partial charge in [0.1, 0.15) is 13.2 Å². The summed E-state index contributed by atoms with van der Waals surface area (Å²) in [5, 5.41) is 51.1. The van der Waals surface area contributed by atoms with Crippen molar-refractivity contribution in [2.45, 2.75) is 58.4 Å². The lowest BCUT2D eigenvalue weighted by atomic mass is 10.3. The van der Waals surface area contributed by atoms with E-state index in [1.807, 2.05) is 0 Å². The minimum absolute atomic E-state index is 0.00861. The third-order valence-electron chi connectivity index (χ3n) is 14.4. The van der Waals surface area contributed by atoms with Crippen LogP contribution in [0.5, 0.6) is 0 Å². The fourth-order valence-corrected chi connectivity index (χ4v) is 11.6. The van der Waals surface area contributed by atoms with Crippen molar-refractivity contribution in [2.24, 2.45) is 20.0 Å². The Morgan fingerprint density at radius 3 is 0.982 bits per heavy atom. The Balaban J connectivity index is 0.000000272. The van der Waals surface area contributed by atoms with Crippen molar-refractivity contribution in [3.63, 3.8) is 0 Å². The van der Waals surface area contributed by atoms with E-state index in [9.17, 15) is 59.6 Å². The predicted octanol–water partition coefficient (Wildman–Crippen LogP) is 10.7. The number of rotatable bonds is 36. The summed E-state index contributed by atoms with van der Waals surface area (Å²) in [4.78, 5) is 127. The molecule has 0 aromatic heterocycles. The zero-order valence-corrected chi connectivity index (χ0v) is 66.4. The number of nitrogens with zero attached hydrogens (tertiary/aromatic N) is 12. The second-order valence-electron chi connectivity index (χ2n) is 22.7. The minimum atomic E-state index is -0.918. The molecule has 4 aromatic rings. The standard InChI is InChI=1S/C16H21Cl2N5O7.C16H21Cl2N5O6.C15H19Cl2N5O6.C14H17Cl2N5O6/c1-10(30-16(24)28-6-4-27-5-7-29-23(25)26)22-3-2-20-15(22)21-14-12(17)8-11(19)9-13(14)18;1-10(29-16(24)27-6-2-3-7-28-23(25)26)22-5-4-20-15(22)21-14-12(17)8-11(19)9-13(14)18;16-11-7-10(18)8-12(17)13(11)20-14-19-3-4-21(14)9-27-15(23)26-5-1-2-6-28-22(24)25;15-10-6-9(17)7-11(16)12(10)19-13-18-2-3-20(13)8-26-14(22)25-4-1-5-27-21(23)24/h8-10H,2-7,19H2,1H3,(H,20,21);8-10H,2-7,19H2,1H3,(H,20,21);7-8H,1-6,9,18H2,(H,19,20);6-7H,1-5,8,17H2,(H,18,19). The molecule has 12 N–H and O–H groups in total. The van der Waals surface area contributed by atoms with Crippen LogP contribution in [0.4, 0.5) is 64.7 Å². The number of hydrogen-bond acceptors (Lipinski definition) is 41. The number of anilines is 8. The highest BCUT2D eigenvalue weighted by Crippen LogP contribution is 2.37. The number of aliphatic imine (C=N–C) groups is 4. The van der Waals surface area contributed by atoms with Gasteiger partial charge in [-0.25, -0.2) is 19.2 Å². The summed E-state index contributed by atoms with van der Waals surface area (Å²) in [5.74, 6) is 1.74. The average Bonchev–Trinajstić information content (AvgIpc) is 1.56. The zero-order chi connectivity index (χ0) is 83.8. The van der Waals surface area contributed by atoms with E-state index in [0.717, 1.165) is 0 Å². The molecule has 0 bridgehead atoms. The second-order valence-corrected chi connectivity index (χ2v) is 25.9. The molecule has 0 radical (unpaired) electrons. The minimum Gasteiger partial charge on any atom is -0.434 e. The molecule has 53 heteroatoms. The number of carbonyl (C=O) groups excluding carboxylic acids is 4. The Kier molecular flexibility index (Phi) is 41.0. The first-order chi connectivity index (χ1) is 54.3.